The molecule has 0 bridgehead atoms. The average molecular weight is 460 g/mol. The van der Waals surface area contributed by atoms with Crippen molar-refractivity contribution in [1.82, 2.24) is 0 Å². The van der Waals surface area contributed by atoms with E-state index in [4.69, 9.17) is 23.4 Å². The zero-order valence-corrected chi connectivity index (χ0v) is 18.4. The summed E-state index contributed by atoms with van der Waals surface area (Å²) in [6.07, 6.45) is -1.36. The minimum Gasteiger partial charge on any atom is -0.493 e. The van der Waals surface area contributed by atoms with Crippen molar-refractivity contribution >= 4 is 27.9 Å². The largest absolute Gasteiger partial charge is 0.493 e. The lowest BCUT2D eigenvalue weighted by molar-refractivity contribution is -0.0146. The first-order valence-corrected chi connectivity index (χ1v) is 10.8. The molecule has 172 valence electrons. The number of esters is 1. The molecule has 2 aliphatic rings. The molecule has 1 unspecified atom stereocenters. The molecule has 8 nitrogen and oxygen atoms in total. The minimum absolute atomic E-state index is 0.000638. The molecule has 6 rings (SSSR count). The number of benzene rings is 3. The number of methoxy groups -OCH3 is 1. The molecule has 0 amide bonds. The van der Waals surface area contributed by atoms with Crippen LogP contribution in [0.3, 0.4) is 0 Å². The number of hydrogen-bond acceptors (Lipinski definition) is 8. The highest BCUT2D eigenvalue weighted by Gasteiger charge is 2.54. The van der Waals surface area contributed by atoms with Gasteiger partial charge >= 0.3 is 5.97 Å². The molecule has 3 atom stereocenters. The van der Waals surface area contributed by atoms with E-state index in [2.05, 4.69) is 0 Å². The highest BCUT2D eigenvalue weighted by atomic mass is 16.6. The van der Waals surface area contributed by atoms with Crippen molar-refractivity contribution in [3.8, 4) is 17.2 Å². The van der Waals surface area contributed by atoms with Gasteiger partial charge in [0.05, 0.1) is 30.2 Å². The standard InChI is InChI=1S/C26H20O8/c1-26(29)12-31-23-19-17(32-24(23)26)11-16(33-25(28)13-7-4-3-5-8-13)18-20(27)14-9-6-10-15(30-2)21(14)34-22(18)19/h3-11,23-24,29H,12H2,1-2H3/t23-,24+,26?/m0/s1. The van der Waals surface area contributed by atoms with Crippen LogP contribution < -0.4 is 19.6 Å². The summed E-state index contributed by atoms with van der Waals surface area (Å²) in [5.74, 6) is 0.0663. The van der Waals surface area contributed by atoms with Gasteiger partial charge in [-0.1, -0.05) is 24.3 Å². The SMILES string of the molecule is COc1cccc2c(=O)c3c(OC(=O)c4ccccc4)cc4c(c3oc12)[C@@H]1OCC(C)(O)[C@@H]1O4. The van der Waals surface area contributed by atoms with Gasteiger partial charge in [-0.25, -0.2) is 4.79 Å². The van der Waals surface area contributed by atoms with Crippen LogP contribution in [0.5, 0.6) is 17.2 Å². The van der Waals surface area contributed by atoms with E-state index in [1.54, 1.807) is 55.5 Å². The molecule has 1 saturated heterocycles. The van der Waals surface area contributed by atoms with Gasteiger partial charge in [-0.15, -0.1) is 0 Å². The van der Waals surface area contributed by atoms with Crippen molar-refractivity contribution < 1.29 is 33.3 Å². The van der Waals surface area contributed by atoms with Crippen LogP contribution in [0, 0.1) is 0 Å². The van der Waals surface area contributed by atoms with Crippen LogP contribution in [-0.4, -0.2) is 36.5 Å². The Balaban J connectivity index is 1.63. The maximum atomic E-state index is 13.7. The lowest BCUT2D eigenvalue weighted by Gasteiger charge is -2.21. The number of fused-ring (bicyclic) bond motifs is 6. The quantitative estimate of drug-likeness (QED) is 0.280. The molecule has 1 N–H and O–H groups in total. The summed E-state index contributed by atoms with van der Waals surface area (Å²) in [5.41, 5.74) is -0.396. The third-order valence-electron chi connectivity index (χ3n) is 6.31. The van der Waals surface area contributed by atoms with Gasteiger partial charge in [-0.2, -0.15) is 0 Å². The molecule has 0 saturated carbocycles. The van der Waals surface area contributed by atoms with Gasteiger partial charge < -0.3 is 28.5 Å². The summed E-state index contributed by atoms with van der Waals surface area (Å²) in [6.45, 7) is 1.69. The number of aliphatic hydroxyl groups is 1. The van der Waals surface area contributed by atoms with Crippen LogP contribution in [0.25, 0.3) is 21.9 Å². The molecular formula is C26H20O8. The molecule has 4 aromatic rings. The summed E-state index contributed by atoms with van der Waals surface area (Å²) in [5, 5.41) is 11.1. The number of carbonyl (C=O) groups is 1. The summed E-state index contributed by atoms with van der Waals surface area (Å²) in [6, 6.07) is 14.9. The molecule has 0 spiro atoms. The van der Waals surface area contributed by atoms with Crippen molar-refractivity contribution in [2.45, 2.75) is 24.7 Å². The number of para-hydroxylation sites is 1. The van der Waals surface area contributed by atoms with E-state index < -0.39 is 23.8 Å². The van der Waals surface area contributed by atoms with Crippen LogP contribution in [0.1, 0.15) is 28.9 Å². The third kappa shape index (κ3) is 2.92. The number of carbonyl (C=O) groups excluding carboxylic acids is 1. The Labute approximate surface area is 193 Å². The summed E-state index contributed by atoms with van der Waals surface area (Å²) in [4.78, 5) is 26.5. The molecule has 0 radical (unpaired) electrons. The Morgan fingerprint density at radius 3 is 2.65 bits per heavy atom. The predicted octanol–water partition coefficient (Wildman–Crippen LogP) is 3.76. The Bertz CT molecular complexity index is 1520. The third-order valence-corrected chi connectivity index (χ3v) is 6.31. The summed E-state index contributed by atoms with van der Waals surface area (Å²) < 4.78 is 29.2. The number of hydrogen-bond donors (Lipinski definition) is 1. The Morgan fingerprint density at radius 1 is 1.09 bits per heavy atom. The second-order valence-electron chi connectivity index (χ2n) is 8.64. The van der Waals surface area contributed by atoms with Gasteiger partial charge in [0, 0.05) is 6.07 Å². The van der Waals surface area contributed by atoms with Gasteiger partial charge in [0.2, 0.25) is 5.43 Å². The molecular weight excluding hydrogens is 440 g/mol. The molecule has 34 heavy (non-hydrogen) atoms. The fourth-order valence-electron chi connectivity index (χ4n) is 4.64. The zero-order valence-electron chi connectivity index (χ0n) is 18.4. The summed E-state index contributed by atoms with van der Waals surface area (Å²) >= 11 is 0. The van der Waals surface area contributed by atoms with E-state index in [9.17, 15) is 14.7 Å². The van der Waals surface area contributed by atoms with E-state index in [1.165, 1.54) is 13.2 Å². The Hall–Kier alpha value is -3.88. The number of rotatable bonds is 3. The molecule has 1 fully saturated rings. The van der Waals surface area contributed by atoms with Crippen molar-refractivity contribution in [2.75, 3.05) is 13.7 Å². The van der Waals surface area contributed by atoms with Crippen molar-refractivity contribution in [2.24, 2.45) is 0 Å². The van der Waals surface area contributed by atoms with E-state index in [1.807, 2.05) is 0 Å². The van der Waals surface area contributed by atoms with Crippen molar-refractivity contribution in [3.63, 3.8) is 0 Å². The fraction of sp³-hybridized carbons (Fsp3) is 0.231. The van der Waals surface area contributed by atoms with Crippen LogP contribution in [0.2, 0.25) is 0 Å². The maximum Gasteiger partial charge on any atom is 0.343 e. The predicted molar refractivity (Wildman–Crippen MR) is 122 cm³/mol. The molecule has 3 heterocycles. The minimum atomic E-state index is -1.24. The first-order chi connectivity index (χ1) is 16.4. The van der Waals surface area contributed by atoms with Crippen LogP contribution >= 0.6 is 0 Å². The van der Waals surface area contributed by atoms with E-state index >= 15 is 0 Å². The van der Waals surface area contributed by atoms with E-state index in [0.717, 1.165) is 0 Å². The molecule has 1 aromatic heterocycles. The van der Waals surface area contributed by atoms with Crippen molar-refractivity contribution in [1.29, 1.82) is 0 Å². The Morgan fingerprint density at radius 2 is 1.88 bits per heavy atom. The first kappa shape index (κ1) is 20.7. The fourth-order valence-corrected chi connectivity index (χ4v) is 4.64. The molecule has 3 aromatic carbocycles. The molecule has 0 aliphatic carbocycles. The maximum absolute atomic E-state index is 13.7. The average Bonchev–Trinajstić information content (AvgIpc) is 3.36. The molecule has 8 heteroatoms. The van der Waals surface area contributed by atoms with Crippen molar-refractivity contribution in [3.05, 3.63) is 75.9 Å². The second-order valence-corrected chi connectivity index (χ2v) is 8.64. The van der Waals surface area contributed by atoms with Gasteiger partial charge in [-0.05, 0) is 31.2 Å². The second kappa shape index (κ2) is 7.31. The first-order valence-electron chi connectivity index (χ1n) is 10.8. The number of ether oxygens (including phenoxy) is 4. The lowest BCUT2D eigenvalue weighted by atomic mass is 9.95. The van der Waals surface area contributed by atoms with E-state index in [0.29, 0.717) is 22.6 Å². The highest BCUT2D eigenvalue weighted by molar-refractivity contribution is 6.00. The van der Waals surface area contributed by atoms with Crippen LogP contribution in [-0.2, 0) is 4.74 Å². The zero-order chi connectivity index (χ0) is 23.6. The lowest BCUT2D eigenvalue weighted by Crippen LogP contribution is -2.40. The van der Waals surface area contributed by atoms with Gasteiger partial charge in [0.25, 0.3) is 0 Å². The van der Waals surface area contributed by atoms with Gasteiger partial charge in [0.1, 0.15) is 28.6 Å². The normalized spacial score (nSPS) is 22.9. The van der Waals surface area contributed by atoms with Gasteiger partial charge in [-0.3, -0.25) is 4.79 Å². The van der Waals surface area contributed by atoms with Crippen LogP contribution in [0.4, 0.5) is 0 Å². The van der Waals surface area contributed by atoms with Crippen LogP contribution in [0.15, 0.2) is 63.8 Å². The Kier molecular flexibility index (Phi) is 4.45. The van der Waals surface area contributed by atoms with Gasteiger partial charge in [0.15, 0.2) is 23.0 Å². The topological polar surface area (TPSA) is 104 Å². The van der Waals surface area contributed by atoms with E-state index in [-0.39, 0.29) is 39.7 Å². The highest BCUT2D eigenvalue weighted by Crippen LogP contribution is 2.52. The summed E-state index contributed by atoms with van der Waals surface area (Å²) in [7, 11) is 1.48. The monoisotopic (exact) mass is 460 g/mol. The smallest absolute Gasteiger partial charge is 0.343 e. The molecule has 2 aliphatic heterocycles.